The molecule has 1 atom stereocenters. The average Bonchev–Trinajstić information content (AvgIpc) is 2.37. The average molecular weight is 241 g/mol. The first kappa shape index (κ1) is 14.0. The van der Waals surface area contributed by atoms with Gasteiger partial charge in [0.25, 0.3) is 0 Å². The molecular weight excluding hydrogens is 218 g/mol. The summed E-state index contributed by atoms with van der Waals surface area (Å²) in [5, 5.41) is 8.76. The van der Waals surface area contributed by atoms with Gasteiger partial charge in [0.05, 0.1) is 6.04 Å². The molecule has 1 heterocycles. The number of nitrogens with one attached hydrogen (secondary N) is 3. The number of hydrogen-bond donors (Lipinski definition) is 3. The highest BCUT2D eigenvalue weighted by Gasteiger charge is 2.19. The SMILES string of the molecule is CCCNC(=O)CCNC(=O)[C@H]1CCCCN1. The van der Waals surface area contributed by atoms with Gasteiger partial charge < -0.3 is 16.0 Å². The third-order valence-corrected chi connectivity index (χ3v) is 2.85. The van der Waals surface area contributed by atoms with E-state index in [1.54, 1.807) is 0 Å². The second kappa shape index (κ2) is 8.06. The van der Waals surface area contributed by atoms with Crippen LogP contribution in [-0.4, -0.2) is 37.5 Å². The maximum Gasteiger partial charge on any atom is 0.237 e. The van der Waals surface area contributed by atoms with Crippen molar-refractivity contribution in [1.82, 2.24) is 16.0 Å². The molecule has 2 amide bonds. The van der Waals surface area contributed by atoms with E-state index in [1.807, 2.05) is 6.92 Å². The van der Waals surface area contributed by atoms with Gasteiger partial charge in [0.1, 0.15) is 0 Å². The maximum absolute atomic E-state index is 11.7. The van der Waals surface area contributed by atoms with Crippen molar-refractivity contribution in [1.29, 1.82) is 0 Å². The lowest BCUT2D eigenvalue weighted by Crippen LogP contribution is -2.47. The van der Waals surface area contributed by atoms with E-state index in [-0.39, 0.29) is 17.9 Å². The molecule has 0 aliphatic carbocycles. The van der Waals surface area contributed by atoms with Gasteiger partial charge in [-0.2, -0.15) is 0 Å². The third kappa shape index (κ3) is 5.68. The molecule has 0 aromatic heterocycles. The van der Waals surface area contributed by atoms with Gasteiger partial charge >= 0.3 is 0 Å². The van der Waals surface area contributed by atoms with E-state index < -0.39 is 0 Å². The summed E-state index contributed by atoms with van der Waals surface area (Å²) in [6.45, 7) is 4.05. The molecule has 1 rings (SSSR count). The Morgan fingerprint density at radius 2 is 2.06 bits per heavy atom. The fraction of sp³-hybridized carbons (Fsp3) is 0.833. The van der Waals surface area contributed by atoms with Crippen molar-refractivity contribution in [3.05, 3.63) is 0 Å². The van der Waals surface area contributed by atoms with Crippen LogP contribution in [0.4, 0.5) is 0 Å². The maximum atomic E-state index is 11.7. The monoisotopic (exact) mass is 241 g/mol. The Morgan fingerprint density at radius 1 is 1.24 bits per heavy atom. The van der Waals surface area contributed by atoms with Gasteiger partial charge in [0.15, 0.2) is 0 Å². The Balaban J connectivity index is 2.08. The lowest BCUT2D eigenvalue weighted by Gasteiger charge is -2.22. The summed E-state index contributed by atoms with van der Waals surface area (Å²) in [4.78, 5) is 23.0. The summed E-state index contributed by atoms with van der Waals surface area (Å²) in [5.74, 6) is 0.0248. The number of carbonyl (C=O) groups excluding carboxylic acids is 2. The van der Waals surface area contributed by atoms with Gasteiger partial charge in [-0.1, -0.05) is 13.3 Å². The molecule has 5 heteroatoms. The minimum Gasteiger partial charge on any atom is -0.356 e. The highest BCUT2D eigenvalue weighted by Crippen LogP contribution is 2.06. The molecule has 0 saturated carbocycles. The Morgan fingerprint density at radius 3 is 2.71 bits per heavy atom. The standard InChI is InChI=1S/C12H23N3O2/c1-2-7-14-11(16)6-9-15-12(17)10-5-3-4-8-13-10/h10,13H,2-9H2,1H3,(H,14,16)(H,15,17)/t10-/m1/s1. The lowest BCUT2D eigenvalue weighted by atomic mass is 10.0. The molecule has 0 aromatic carbocycles. The summed E-state index contributed by atoms with van der Waals surface area (Å²) < 4.78 is 0. The van der Waals surface area contributed by atoms with Crippen molar-refractivity contribution in [3.63, 3.8) is 0 Å². The zero-order chi connectivity index (χ0) is 12.5. The first-order valence-corrected chi connectivity index (χ1v) is 6.52. The third-order valence-electron chi connectivity index (χ3n) is 2.85. The number of hydrogen-bond acceptors (Lipinski definition) is 3. The highest BCUT2D eigenvalue weighted by atomic mass is 16.2. The Kier molecular flexibility index (Phi) is 6.62. The van der Waals surface area contributed by atoms with E-state index in [2.05, 4.69) is 16.0 Å². The number of amides is 2. The molecule has 1 aliphatic rings. The molecule has 17 heavy (non-hydrogen) atoms. The summed E-state index contributed by atoms with van der Waals surface area (Å²) >= 11 is 0. The quantitative estimate of drug-likeness (QED) is 0.620. The Labute approximate surface area is 103 Å². The van der Waals surface area contributed by atoms with Crippen LogP contribution in [0.15, 0.2) is 0 Å². The number of rotatable bonds is 6. The molecule has 0 aromatic rings. The highest BCUT2D eigenvalue weighted by molar-refractivity contribution is 5.82. The van der Waals surface area contributed by atoms with Crippen LogP contribution in [0.2, 0.25) is 0 Å². The van der Waals surface area contributed by atoms with E-state index in [4.69, 9.17) is 0 Å². The van der Waals surface area contributed by atoms with Crippen molar-refractivity contribution < 1.29 is 9.59 Å². The van der Waals surface area contributed by atoms with Gasteiger partial charge in [0.2, 0.25) is 11.8 Å². The van der Waals surface area contributed by atoms with Crippen LogP contribution in [0.1, 0.15) is 39.0 Å². The van der Waals surface area contributed by atoms with Crippen LogP contribution < -0.4 is 16.0 Å². The molecule has 0 unspecified atom stereocenters. The lowest BCUT2D eigenvalue weighted by molar-refractivity contribution is -0.124. The molecule has 1 fully saturated rings. The molecular formula is C12H23N3O2. The zero-order valence-electron chi connectivity index (χ0n) is 10.6. The van der Waals surface area contributed by atoms with Gasteiger partial charge in [-0.3, -0.25) is 9.59 Å². The van der Waals surface area contributed by atoms with Crippen LogP contribution in [0, 0.1) is 0 Å². The molecule has 0 spiro atoms. The summed E-state index contributed by atoms with van der Waals surface area (Å²) in [6.07, 6.45) is 4.43. The molecule has 0 radical (unpaired) electrons. The first-order valence-electron chi connectivity index (χ1n) is 6.52. The fourth-order valence-electron chi connectivity index (χ4n) is 1.85. The van der Waals surface area contributed by atoms with Crippen molar-refractivity contribution in [2.75, 3.05) is 19.6 Å². The summed E-state index contributed by atoms with van der Waals surface area (Å²) in [7, 11) is 0. The van der Waals surface area contributed by atoms with Crippen LogP contribution in [-0.2, 0) is 9.59 Å². The molecule has 5 nitrogen and oxygen atoms in total. The van der Waals surface area contributed by atoms with E-state index >= 15 is 0 Å². The Bertz CT molecular complexity index is 250. The van der Waals surface area contributed by atoms with Gasteiger partial charge in [0, 0.05) is 19.5 Å². The van der Waals surface area contributed by atoms with Gasteiger partial charge in [-0.05, 0) is 25.8 Å². The summed E-state index contributed by atoms with van der Waals surface area (Å²) in [6, 6.07) is -0.0672. The van der Waals surface area contributed by atoms with Gasteiger partial charge in [-0.15, -0.1) is 0 Å². The molecule has 0 bridgehead atoms. The molecule has 98 valence electrons. The smallest absolute Gasteiger partial charge is 0.237 e. The number of carbonyl (C=O) groups is 2. The van der Waals surface area contributed by atoms with Crippen LogP contribution in [0.25, 0.3) is 0 Å². The summed E-state index contributed by atoms with van der Waals surface area (Å²) in [5.41, 5.74) is 0. The largest absolute Gasteiger partial charge is 0.356 e. The molecule has 1 aliphatic heterocycles. The van der Waals surface area contributed by atoms with E-state index in [0.29, 0.717) is 19.5 Å². The minimum atomic E-state index is -0.0672. The van der Waals surface area contributed by atoms with Crippen molar-refractivity contribution in [2.24, 2.45) is 0 Å². The number of piperidine rings is 1. The van der Waals surface area contributed by atoms with Crippen LogP contribution >= 0.6 is 0 Å². The zero-order valence-corrected chi connectivity index (χ0v) is 10.6. The Hall–Kier alpha value is -1.10. The van der Waals surface area contributed by atoms with E-state index in [0.717, 1.165) is 32.2 Å². The van der Waals surface area contributed by atoms with E-state index in [1.165, 1.54) is 0 Å². The van der Waals surface area contributed by atoms with Crippen molar-refractivity contribution in [3.8, 4) is 0 Å². The minimum absolute atomic E-state index is 0.00348. The van der Waals surface area contributed by atoms with Crippen molar-refractivity contribution in [2.45, 2.75) is 45.1 Å². The molecule has 3 N–H and O–H groups in total. The predicted octanol–water partition coefficient (Wildman–Crippen LogP) is 0.161. The predicted molar refractivity (Wildman–Crippen MR) is 66.6 cm³/mol. The molecule has 1 saturated heterocycles. The van der Waals surface area contributed by atoms with Crippen LogP contribution in [0.5, 0.6) is 0 Å². The second-order valence-corrected chi connectivity index (χ2v) is 4.39. The van der Waals surface area contributed by atoms with Crippen LogP contribution in [0.3, 0.4) is 0 Å². The van der Waals surface area contributed by atoms with E-state index in [9.17, 15) is 9.59 Å². The topological polar surface area (TPSA) is 70.2 Å². The second-order valence-electron chi connectivity index (χ2n) is 4.39. The fourth-order valence-corrected chi connectivity index (χ4v) is 1.85. The van der Waals surface area contributed by atoms with Crippen molar-refractivity contribution >= 4 is 11.8 Å². The normalized spacial score (nSPS) is 19.7. The van der Waals surface area contributed by atoms with Gasteiger partial charge in [-0.25, -0.2) is 0 Å². The first-order chi connectivity index (χ1) is 8.24.